The van der Waals surface area contributed by atoms with Gasteiger partial charge in [-0.1, -0.05) is 29.3 Å². The summed E-state index contributed by atoms with van der Waals surface area (Å²) >= 11 is 1.72. The number of hydrogen-bond donors (Lipinski definition) is 2. The van der Waals surface area contributed by atoms with Crippen molar-refractivity contribution < 1.29 is 0 Å². The van der Waals surface area contributed by atoms with E-state index < -0.39 is 0 Å². The van der Waals surface area contributed by atoms with Crippen molar-refractivity contribution in [3.8, 4) is 0 Å². The molecule has 4 nitrogen and oxygen atoms in total. The van der Waals surface area contributed by atoms with Crippen molar-refractivity contribution in [2.24, 2.45) is 4.99 Å². The van der Waals surface area contributed by atoms with Gasteiger partial charge < -0.3 is 10.6 Å². The molecule has 2 N–H and O–H groups in total. The van der Waals surface area contributed by atoms with Crippen molar-refractivity contribution >= 4 is 41.3 Å². The molecule has 0 saturated heterocycles. The van der Waals surface area contributed by atoms with Crippen molar-refractivity contribution in [2.45, 2.75) is 47.6 Å². The first-order chi connectivity index (χ1) is 11.5. The molecule has 1 heterocycles. The molecule has 1 aromatic carbocycles. The summed E-state index contributed by atoms with van der Waals surface area (Å²) in [5.41, 5.74) is 5.10. The van der Waals surface area contributed by atoms with Crippen LogP contribution in [-0.2, 0) is 13.0 Å². The number of nitrogens with one attached hydrogen (secondary N) is 2. The van der Waals surface area contributed by atoms with E-state index in [1.54, 1.807) is 11.3 Å². The zero-order valence-electron chi connectivity index (χ0n) is 15.8. The Morgan fingerprint density at radius 2 is 1.76 bits per heavy atom. The van der Waals surface area contributed by atoms with Gasteiger partial charge in [0.25, 0.3) is 0 Å². The standard InChI is InChI=1S/C19H28N4S.HI/c1-6-20-19(22-12-18-15(4)23-16(5)24-18)21-8-7-17-10-13(2)9-14(3)11-17;/h9-11H,6-8,12H2,1-5H3,(H2,20,21,22);1H. The van der Waals surface area contributed by atoms with Crippen LogP contribution in [0.5, 0.6) is 0 Å². The van der Waals surface area contributed by atoms with Gasteiger partial charge in [0, 0.05) is 18.0 Å². The van der Waals surface area contributed by atoms with E-state index in [4.69, 9.17) is 0 Å². The molecule has 0 aliphatic rings. The van der Waals surface area contributed by atoms with Crippen LogP contribution in [0.25, 0.3) is 0 Å². The van der Waals surface area contributed by atoms with Gasteiger partial charge in [0.2, 0.25) is 0 Å². The van der Waals surface area contributed by atoms with Crippen LogP contribution in [0.3, 0.4) is 0 Å². The Bertz CT molecular complexity index is 689. The molecule has 2 rings (SSSR count). The van der Waals surface area contributed by atoms with Crippen molar-refractivity contribution in [1.29, 1.82) is 0 Å². The van der Waals surface area contributed by atoms with E-state index in [-0.39, 0.29) is 24.0 Å². The van der Waals surface area contributed by atoms with Crippen molar-refractivity contribution in [2.75, 3.05) is 13.1 Å². The fourth-order valence-electron chi connectivity index (χ4n) is 2.75. The molecule has 0 bridgehead atoms. The smallest absolute Gasteiger partial charge is 0.191 e. The van der Waals surface area contributed by atoms with Gasteiger partial charge in [0.1, 0.15) is 0 Å². The lowest BCUT2D eigenvalue weighted by Gasteiger charge is -2.12. The molecule has 0 spiro atoms. The summed E-state index contributed by atoms with van der Waals surface area (Å²) in [7, 11) is 0. The molecule has 0 aliphatic carbocycles. The minimum absolute atomic E-state index is 0. The maximum Gasteiger partial charge on any atom is 0.191 e. The van der Waals surface area contributed by atoms with Gasteiger partial charge in [-0.3, -0.25) is 0 Å². The maximum atomic E-state index is 4.69. The van der Waals surface area contributed by atoms with E-state index >= 15 is 0 Å². The highest BCUT2D eigenvalue weighted by molar-refractivity contribution is 14.0. The third-order valence-electron chi connectivity index (χ3n) is 3.71. The van der Waals surface area contributed by atoms with Crippen LogP contribution in [0, 0.1) is 27.7 Å². The average molecular weight is 472 g/mol. The molecule has 25 heavy (non-hydrogen) atoms. The van der Waals surface area contributed by atoms with Gasteiger partial charge in [-0.2, -0.15) is 0 Å². The normalized spacial score (nSPS) is 11.2. The Balaban J connectivity index is 0.00000312. The lowest BCUT2D eigenvalue weighted by atomic mass is 10.1. The van der Waals surface area contributed by atoms with Crippen LogP contribution in [0.1, 0.15) is 39.2 Å². The number of aliphatic imine (C=N–C) groups is 1. The quantitative estimate of drug-likeness (QED) is 0.375. The van der Waals surface area contributed by atoms with Crippen LogP contribution < -0.4 is 10.6 Å². The first-order valence-electron chi connectivity index (χ1n) is 8.50. The highest BCUT2D eigenvalue weighted by Gasteiger charge is 2.05. The van der Waals surface area contributed by atoms with Gasteiger partial charge in [0.15, 0.2) is 5.96 Å². The van der Waals surface area contributed by atoms with Gasteiger partial charge in [0.05, 0.1) is 17.2 Å². The van der Waals surface area contributed by atoms with Crippen LogP contribution in [0.2, 0.25) is 0 Å². The molecular formula is C19H29IN4S. The lowest BCUT2D eigenvalue weighted by molar-refractivity contribution is 0.799. The SMILES string of the molecule is CCNC(=NCc1sc(C)nc1C)NCCc1cc(C)cc(C)c1.I. The van der Waals surface area contributed by atoms with Gasteiger partial charge in [-0.25, -0.2) is 9.98 Å². The van der Waals surface area contributed by atoms with Crippen molar-refractivity contribution in [1.82, 2.24) is 15.6 Å². The second kappa shape index (κ2) is 10.8. The average Bonchev–Trinajstić information content (AvgIpc) is 2.81. The van der Waals surface area contributed by atoms with Crippen molar-refractivity contribution in [3.63, 3.8) is 0 Å². The monoisotopic (exact) mass is 472 g/mol. The third-order valence-corrected chi connectivity index (χ3v) is 4.77. The van der Waals surface area contributed by atoms with E-state index in [0.717, 1.165) is 36.2 Å². The summed E-state index contributed by atoms with van der Waals surface area (Å²) in [6, 6.07) is 6.71. The Morgan fingerprint density at radius 1 is 1.08 bits per heavy atom. The number of guanidine groups is 1. The Hall–Kier alpha value is -1.15. The fourth-order valence-corrected chi connectivity index (χ4v) is 3.61. The molecule has 2 aromatic rings. The fraction of sp³-hybridized carbons (Fsp3) is 0.474. The topological polar surface area (TPSA) is 49.3 Å². The highest BCUT2D eigenvalue weighted by atomic mass is 127. The molecule has 0 amide bonds. The summed E-state index contributed by atoms with van der Waals surface area (Å²) in [5.74, 6) is 0.868. The molecule has 0 fully saturated rings. The van der Waals surface area contributed by atoms with E-state index in [1.165, 1.54) is 21.6 Å². The van der Waals surface area contributed by atoms with E-state index in [2.05, 4.69) is 66.5 Å². The van der Waals surface area contributed by atoms with Gasteiger partial charge in [-0.15, -0.1) is 35.3 Å². The van der Waals surface area contributed by atoms with E-state index in [1.807, 2.05) is 6.92 Å². The van der Waals surface area contributed by atoms with Crippen LogP contribution >= 0.6 is 35.3 Å². The van der Waals surface area contributed by atoms with E-state index in [9.17, 15) is 0 Å². The lowest BCUT2D eigenvalue weighted by Crippen LogP contribution is -2.38. The molecule has 6 heteroatoms. The first-order valence-corrected chi connectivity index (χ1v) is 9.32. The summed E-state index contributed by atoms with van der Waals surface area (Å²) < 4.78 is 0. The maximum absolute atomic E-state index is 4.69. The Kier molecular flexibility index (Phi) is 9.42. The molecular weight excluding hydrogens is 443 g/mol. The summed E-state index contributed by atoms with van der Waals surface area (Å²) in [5, 5.41) is 7.84. The largest absolute Gasteiger partial charge is 0.357 e. The van der Waals surface area contributed by atoms with Crippen LogP contribution in [0.4, 0.5) is 0 Å². The van der Waals surface area contributed by atoms with Crippen LogP contribution in [-0.4, -0.2) is 24.0 Å². The summed E-state index contributed by atoms with van der Waals surface area (Å²) in [6.07, 6.45) is 0.992. The number of hydrogen-bond acceptors (Lipinski definition) is 3. The number of halogens is 1. The molecule has 0 unspecified atom stereocenters. The number of benzene rings is 1. The minimum atomic E-state index is 0. The second-order valence-corrected chi connectivity index (χ2v) is 7.40. The third kappa shape index (κ3) is 7.32. The summed E-state index contributed by atoms with van der Waals surface area (Å²) in [4.78, 5) is 10.4. The first kappa shape index (κ1) is 21.9. The van der Waals surface area contributed by atoms with Crippen molar-refractivity contribution in [3.05, 3.63) is 50.5 Å². The molecule has 0 radical (unpaired) electrons. The molecule has 0 aliphatic heterocycles. The molecule has 0 atom stereocenters. The second-order valence-electron chi connectivity index (χ2n) is 6.11. The van der Waals surface area contributed by atoms with Gasteiger partial charge in [-0.05, 0) is 46.6 Å². The zero-order valence-corrected chi connectivity index (χ0v) is 18.9. The zero-order chi connectivity index (χ0) is 17.5. The Labute approximate surface area is 172 Å². The number of aryl methyl sites for hydroxylation is 4. The predicted octanol–water partition coefficient (Wildman–Crippen LogP) is 4.29. The molecule has 1 aromatic heterocycles. The minimum Gasteiger partial charge on any atom is -0.357 e. The summed E-state index contributed by atoms with van der Waals surface area (Å²) in [6.45, 7) is 12.9. The highest BCUT2D eigenvalue weighted by Crippen LogP contribution is 2.17. The number of aromatic nitrogens is 1. The van der Waals surface area contributed by atoms with E-state index in [0.29, 0.717) is 6.54 Å². The number of thiazole rings is 1. The van der Waals surface area contributed by atoms with Crippen LogP contribution in [0.15, 0.2) is 23.2 Å². The Morgan fingerprint density at radius 3 is 2.32 bits per heavy atom. The number of rotatable bonds is 6. The number of nitrogens with zero attached hydrogens (tertiary/aromatic N) is 2. The molecule has 0 saturated carbocycles. The predicted molar refractivity (Wildman–Crippen MR) is 119 cm³/mol. The van der Waals surface area contributed by atoms with Gasteiger partial charge >= 0.3 is 0 Å². The molecule has 138 valence electrons.